The second-order valence-corrected chi connectivity index (χ2v) is 6.47. The Morgan fingerprint density at radius 3 is 2.28 bits per heavy atom. The van der Waals surface area contributed by atoms with E-state index in [1.54, 1.807) is 24.3 Å². The summed E-state index contributed by atoms with van der Waals surface area (Å²) in [6, 6.07) is 6.76. The number of imide groups is 1. The van der Waals surface area contributed by atoms with Crippen molar-refractivity contribution in [2.24, 2.45) is 0 Å². The van der Waals surface area contributed by atoms with Crippen molar-refractivity contribution in [3.8, 4) is 0 Å². The van der Waals surface area contributed by atoms with Crippen LogP contribution in [0.25, 0.3) is 0 Å². The molecule has 3 aromatic rings. The van der Waals surface area contributed by atoms with Crippen molar-refractivity contribution in [1.82, 2.24) is 24.9 Å². The molecule has 1 aromatic carbocycles. The minimum absolute atomic E-state index is 0.0793. The molecule has 3 heterocycles. The number of aromatic nitrogens is 4. The smallest absolute Gasteiger partial charge is 0.306 e. The van der Waals surface area contributed by atoms with E-state index < -0.39 is 4.92 Å². The van der Waals surface area contributed by atoms with Crippen molar-refractivity contribution in [1.29, 1.82) is 0 Å². The molecule has 4 rings (SSSR count). The number of rotatable bonds is 8. The van der Waals surface area contributed by atoms with Crippen LogP contribution in [0.15, 0.2) is 41.1 Å². The maximum absolute atomic E-state index is 12.3. The molecule has 0 fully saturated rings. The van der Waals surface area contributed by atoms with Gasteiger partial charge in [-0.05, 0) is 18.6 Å². The van der Waals surface area contributed by atoms with E-state index in [0.29, 0.717) is 48.7 Å². The van der Waals surface area contributed by atoms with Crippen molar-refractivity contribution in [2.45, 2.75) is 25.8 Å². The van der Waals surface area contributed by atoms with Gasteiger partial charge in [-0.25, -0.2) is 0 Å². The molecule has 0 unspecified atom stereocenters. The van der Waals surface area contributed by atoms with E-state index in [-0.39, 0.29) is 24.0 Å². The predicted octanol–water partition coefficient (Wildman–Crippen LogP) is 1.65. The number of hydrogen-bond acceptors (Lipinski definition) is 8. The fourth-order valence-electron chi connectivity index (χ4n) is 3.10. The van der Waals surface area contributed by atoms with Crippen molar-refractivity contribution in [3.63, 3.8) is 0 Å². The highest BCUT2D eigenvalue weighted by molar-refractivity contribution is 6.21. The van der Waals surface area contributed by atoms with Gasteiger partial charge in [-0.3, -0.25) is 29.3 Å². The van der Waals surface area contributed by atoms with Gasteiger partial charge in [0, 0.05) is 25.9 Å². The zero-order valence-electron chi connectivity index (χ0n) is 15.2. The number of benzene rings is 1. The SMILES string of the molecule is O=C1c2ccccc2C(=O)N1CCCc1nnc(CCn2cc([N+](=O)[O-])cn2)o1. The van der Waals surface area contributed by atoms with Gasteiger partial charge in [0.2, 0.25) is 11.8 Å². The van der Waals surface area contributed by atoms with Gasteiger partial charge >= 0.3 is 5.69 Å². The van der Waals surface area contributed by atoms with Crippen LogP contribution in [0.4, 0.5) is 5.69 Å². The maximum atomic E-state index is 12.3. The zero-order chi connectivity index (χ0) is 20.4. The van der Waals surface area contributed by atoms with E-state index in [0.717, 1.165) is 0 Å². The Labute approximate surface area is 164 Å². The largest absolute Gasteiger partial charge is 0.425 e. The van der Waals surface area contributed by atoms with Crippen LogP contribution in [0, 0.1) is 10.1 Å². The number of nitrogens with zero attached hydrogens (tertiary/aromatic N) is 6. The molecule has 148 valence electrons. The average molecular weight is 396 g/mol. The van der Waals surface area contributed by atoms with Crippen LogP contribution in [0.3, 0.4) is 0 Å². The molecule has 0 N–H and O–H groups in total. The van der Waals surface area contributed by atoms with Gasteiger partial charge in [-0.2, -0.15) is 5.10 Å². The van der Waals surface area contributed by atoms with Gasteiger partial charge in [-0.15, -0.1) is 10.2 Å². The standard InChI is InChI=1S/C18H16N6O5/c25-17-13-4-1-2-5-14(13)18(26)23(17)8-3-6-15-20-21-16(29-15)7-9-22-11-12(10-19-22)24(27)28/h1-2,4-5,10-11H,3,6-9H2. The molecular formula is C18H16N6O5. The van der Waals surface area contributed by atoms with Crippen LogP contribution in [0.5, 0.6) is 0 Å². The highest BCUT2D eigenvalue weighted by Gasteiger charge is 2.34. The first kappa shape index (κ1) is 18.5. The van der Waals surface area contributed by atoms with E-state index in [1.165, 1.54) is 22.0 Å². The molecule has 0 spiro atoms. The molecule has 0 saturated carbocycles. The Bertz CT molecular complexity index is 1050. The first-order valence-corrected chi connectivity index (χ1v) is 8.96. The summed E-state index contributed by atoms with van der Waals surface area (Å²) < 4.78 is 6.99. The van der Waals surface area contributed by atoms with E-state index in [4.69, 9.17) is 4.42 Å². The molecule has 2 amide bonds. The molecule has 0 atom stereocenters. The van der Waals surface area contributed by atoms with E-state index >= 15 is 0 Å². The predicted molar refractivity (Wildman–Crippen MR) is 97.0 cm³/mol. The van der Waals surface area contributed by atoms with Crippen LogP contribution < -0.4 is 0 Å². The Hall–Kier alpha value is -3.89. The minimum Gasteiger partial charge on any atom is -0.425 e. The maximum Gasteiger partial charge on any atom is 0.306 e. The molecule has 2 aromatic heterocycles. The van der Waals surface area contributed by atoms with Crippen LogP contribution in [-0.4, -0.2) is 48.2 Å². The molecule has 0 saturated heterocycles. The van der Waals surface area contributed by atoms with E-state index in [9.17, 15) is 19.7 Å². The monoisotopic (exact) mass is 396 g/mol. The molecule has 1 aliphatic rings. The van der Waals surface area contributed by atoms with Crippen molar-refractivity contribution >= 4 is 17.5 Å². The number of fused-ring (bicyclic) bond motifs is 1. The van der Waals surface area contributed by atoms with E-state index in [2.05, 4.69) is 15.3 Å². The topological polar surface area (TPSA) is 137 Å². The van der Waals surface area contributed by atoms with Gasteiger partial charge in [0.25, 0.3) is 11.8 Å². The quantitative estimate of drug-likeness (QED) is 0.318. The lowest BCUT2D eigenvalue weighted by Crippen LogP contribution is -2.30. The number of aryl methyl sites for hydroxylation is 3. The number of hydrogen-bond donors (Lipinski definition) is 0. The Morgan fingerprint density at radius 1 is 1.00 bits per heavy atom. The fraction of sp³-hybridized carbons (Fsp3) is 0.278. The van der Waals surface area contributed by atoms with Crippen LogP contribution in [-0.2, 0) is 19.4 Å². The van der Waals surface area contributed by atoms with Crippen LogP contribution >= 0.6 is 0 Å². The Morgan fingerprint density at radius 2 is 1.66 bits per heavy atom. The van der Waals surface area contributed by atoms with Gasteiger partial charge in [0.1, 0.15) is 12.4 Å². The Balaban J connectivity index is 1.27. The first-order valence-electron chi connectivity index (χ1n) is 8.96. The summed E-state index contributed by atoms with van der Waals surface area (Å²) in [5.41, 5.74) is 0.775. The molecular weight excluding hydrogens is 380 g/mol. The summed E-state index contributed by atoms with van der Waals surface area (Å²) in [5.74, 6) is 0.220. The van der Waals surface area contributed by atoms with E-state index in [1.807, 2.05) is 0 Å². The summed E-state index contributed by atoms with van der Waals surface area (Å²) in [4.78, 5) is 36.0. The van der Waals surface area contributed by atoms with Gasteiger partial charge in [-0.1, -0.05) is 12.1 Å². The lowest BCUT2D eigenvalue weighted by atomic mass is 10.1. The lowest BCUT2D eigenvalue weighted by molar-refractivity contribution is -0.385. The molecule has 0 bridgehead atoms. The third-order valence-corrected chi connectivity index (χ3v) is 4.54. The normalized spacial score (nSPS) is 13.2. The van der Waals surface area contributed by atoms with Crippen molar-refractivity contribution in [3.05, 3.63) is 69.7 Å². The Kier molecular flexibility index (Phi) is 4.85. The van der Waals surface area contributed by atoms with Gasteiger partial charge in [0.05, 0.1) is 16.1 Å². The van der Waals surface area contributed by atoms with Crippen molar-refractivity contribution in [2.75, 3.05) is 6.54 Å². The average Bonchev–Trinajstić information content (AvgIpc) is 3.42. The minimum atomic E-state index is -0.511. The molecule has 11 nitrogen and oxygen atoms in total. The summed E-state index contributed by atoms with van der Waals surface area (Å²) in [7, 11) is 0. The number of carbonyl (C=O) groups is 2. The molecule has 0 radical (unpaired) electrons. The van der Waals surface area contributed by atoms with Crippen LogP contribution in [0.2, 0.25) is 0 Å². The second kappa shape index (κ2) is 7.62. The number of nitro groups is 1. The summed E-state index contributed by atoms with van der Waals surface area (Å²) in [6.45, 7) is 0.630. The number of amides is 2. The van der Waals surface area contributed by atoms with Gasteiger partial charge < -0.3 is 4.42 Å². The summed E-state index contributed by atoms with van der Waals surface area (Å²) >= 11 is 0. The number of carbonyl (C=O) groups excluding carboxylic acids is 2. The highest BCUT2D eigenvalue weighted by atomic mass is 16.6. The molecule has 11 heteroatoms. The highest BCUT2D eigenvalue weighted by Crippen LogP contribution is 2.22. The molecule has 0 aliphatic carbocycles. The third kappa shape index (κ3) is 3.74. The second-order valence-electron chi connectivity index (χ2n) is 6.47. The van der Waals surface area contributed by atoms with Gasteiger partial charge in [0.15, 0.2) is 0 Å². The summed E-state index contributed by atoms with van der Waals surface area (Å²) in [6.07, 6.45) is 3.81. The summed E-state index contributed by atoms with van der Waals surface area (Å²) in [5, 5.41) is 22.5. The zero-order valence-corrected chi connectivity index (χ0v) is 15.2. The first-order chi connectivity index (χ1) is 14.0. The lowest BCUT2D eigenvalue weighted by Gasteiger charge is -2.12. The molecule has 1 aliphatic heterocycles. The van der Waals surface area contributed by atoms with Crippen LogP contribution in [0.1, 0.15) is 38.9 Å². The third-order valence-electron chi connectivity index (χ3n) is 4.54. The van der Waals surface area contributed by atoms with Crippen molar-refractivity contribution < 1.29 is 18.9 Å². The molecule has 29 heavy (non-hydrogen) atoms. The fourth-order valence-corrected chi connectivity index (χ4v) is 3.10.